The molecular weight excluding hydrogens is 328 g/mol. The summed E-state index contributed by atoms with van der Waals surface area (Å²) in [5, 5.41) is 2.99. The lowest BCUT2D eigenvalue weighted by Gasteiger charge is -2.29. The quantitative estimate of drug-likeness (QED) is 0.768. The minimum absolute atomic E-state index is 0.120. The van der Waals surface area contributed by atoms with Gasteiger partial charge in [-0.15, -0.1) is 0 Å². The van der Waals surface area contributed by atoms with E-state index < -0.39 is 12.0 Å². The minimum Gasteiger partial charge on any atom is -0.465 e. The maximum atomic E-state index is 13.1. The molecule has 0 fully saturated rings. The first kappa shape index (κ1) is 19.7. The van der Waals surface area contributed by atoms with Crippen LogP contribution in [0.5, 0.6) is 0 Å². The zero-order chi connectivity index (χ0) is 19.1. The van der Waals surface area contributed by atoms with Crippen molar-refractivity contribution in [1.29, 1.82) is 0 Å². The molecule has 0 saturated carbocycles. The Bertz CT molecular complexity index is 755. The number of carbonyl (C=O) groups is 2. The number of ether oxygens (including phenoxy) is 1. The van der Waals surface area contributed by atoms with Crippen LogP contribution in [0.15, 0.2) is 48.5 Å². The van der Waals surface area contributed by atoms with Crippen molar-refractivity contribution < 1.29 is 14.3 Å². The first-order chi connectivity index (χ1) is 12.5. The second-order valence-electron chi connectivity index (χ2n) is 6.04. The number of nitrogens with zero attached hydrogens (tertiary/aromatic N) is 1. The zero-order valence-corrected chi connectivity index (χ0v) is 15.8. The minimum atomic E-state index is -0.427. The average Bonchev–Trinajstić information content (AvgIpc) is 2.67. The first-order valence-corrected chi connectivity index (χ1v) is 8.80. The van der Waals surface area contributed by atoms with Gasteiger partial charge in [-0.25, -0.2) is 4.79 Å². The average molecular weight is 354 g/mol. The molecule has 138 valence electrons. The SMILES string of the molecule is CCN(CC)C(C(=O)Nc1cc(C(=O)OC)ccc1C)c1ccccc1. The Kier molecular flexibility index (Phi) is 6.92. The Morgan fingerprint density at radius 1 is 1.08 bits per heavy atom. The third-order valence-electron chi connectivity index (χ3n) is 4.46. The molecule has 1 N–H and O–H groups in total. The number of carbonyl (C=O) groups excluding carboxylic acids is 2. The van der Waals surface area contributed by atoms with E-state index in [2.05, 4.69) is 10.2 Å². The van der Waals surface area contributed by atoms with Crippen LogP contribution in [-0.4, -0.2) is 37.0 Å². The lowest BCUT2D eigenvalue weighted by atomic mass is 10.0. The molecule has 26 heavy (non-hydrogen) atoms. The number of hydrogen-bond donors (Lipinski definition) is 1. The van der Waals surface area contributed by atoms with E-state index in [1.54, 1.807) is 18.2 Å². The van der Waals surface area contributed by atoms with Crippen molar-refractivity contribution >= 4 is 17.6 Å². The van der Waals surface area contributed by atoms with Gasteiger partial charge in [0.25, 0.3) is 0 Å². The summed E-state index contributed by atoms with van der Waals surface area (Å²) in [6, 6.07) is 14.5. The van der Waals surface area contributed by atoms with Gasteiger partial charge in [0.1, 0.15) is 6.04 Å². The number of aryl methyl sites for hydroxylation is 1. The summed E-state index contributed by atoms with van der Waals surface area (Å²) in [5.41, 5.74) is 2.85. The normalized spacial score (nSPS) is 11.9. The molecule has 0 saturated heterocycles. The summed E-state index contributed by atoms with van der Waals surface area (Å²) in [4.78, 5) is 27.0. The molecule has 0 radical (unpaired) electrons. The lowest BCUT2D eigenvalue weighted by Crippen LogP contribution is -2.37. The van der Waals surface area contributed by atoms with Crippen molar-refractivity contribution in [3.8, 4) is 0 Å². The molecule has 0 heterocycles. The van der Waals surface area contributed by atoms with Crippen molar-refractivity contribution in [2.45, 2.75) is 26.8 Å². The largest absolute Gasteiger partial charge is 0.465 e. The second-order valence-corrected chi connectivity index (χ2v) is 6.04. The summed E-state index contributed by atoms with van der Waals surface area (Å²) in [7, 11) is 1.34. The molecule has 2 aromatic carbocycles. The maximum absolute atomic E-state index is 13.1. The standard InChI is InChI=1S/C21H26N2O3/c1-5-23(6-2)19(16-10-8-7-9-11-16)20(24)22-18-14-17(21(25)26-4)13-12-15(18)3/h7-14,19H,5-6H2,1-4H3,(H,22,24). The molecule has 1 unspecified atom stereocenters. The summed E-state index contributed by atoms with van der Waals surface area (Å²) in [6.45, 7) is 7.48. The Morgan fingerprint density at radius 3 is 2.31 bits per heavy atom. The monoisotopic (exact) mass is 354 g/mol. The highest BCUT2D eigenvalue weighted by Gasteiger charge is 2.26. The van der Waals surface area contributed by atoms with E-state index in [0.717, 1.165) is 24.2 Å². The van der Waals surface area contributed by atoms with Crippen LogP contribution < -0.4 is 5.32 Å². The van der Waals surface area contributed by atoms with Crippen molar-refractivity contribution in [2.75, 3.05) is 25.5 Å². The smallest absolute Gasteiger partial charge is 0.337 e. The van der Waals surface area contributed by atoms with E-state index >= 15 is 0 Å². The van der Waals surface area contributed by atoms with E-state index in [4.69, 9.17) is 4.74 Å². The Hall–Kier alpha value is -2.66. The summed E-state index contributed by atoms with van der Waals surface area (Å²) >= 11 is 0. The van der Waals surface area contributed by atoms with Gasteiger partial charge in [-0.3, -0.25) is 9.69 Å². The fourth-order valence-corrected chi connectivity index (χ4v) is 2.95. The number of nitrogens with one attached hydrogen (secondary N) is 1. The number of likely N-dealkylation sites (N-methyl/N-ethyl adjacent to an activating group) is 1. The molecule has 0 aliphatic rings. The van der Waals surface area contributed by atoms with Crippen LogP contribution in [0.2, 0.25) is 0 Å². The topological polar surface area (TPSA) is 58.6 Å². The van der Waals surface area contributed by atoms with Gasteiger partial charge >= 0.3 is 5.97 Å². The van der Waals surface area contributed by atoms with Crippen LogP contribution in [0.1, 0.15) is 41.4 Å². The third-order valence-corrected chi connectivity index (χ3v) is 4.46. The predicted octanol–water partition coefficient (Wildman–Crippen LogP) is 3.80. The van der Waals surface area contributed by atoms with Gasteiger partial charge < -0.3 is 10.1 Å². The van der Waals surface area contributed by atoms with Crippen LogP contribution in [0, 0.1) is 6.92 Å². The Balaban J connectivity index is 2.34. The Morgan fingerprint density at radius 2 is 1.73 bits per heavy atom. The van der Waals surface area contributed by atoms with E-state index in [0.29, 0.717) is 11.3 Å². The number of rotatable bonds is 7. The highest BCUT2D eigenvalue weighted by atomic mass is 16.5. The molecule has 0 aliphatic heterocycles. The van der Waals surface area contributed by atoms with Crippen LogP contribution in [0.3, 0.4) is 0 Å². The number of anilines is 1. The number of esters is 1. The lowest BCUT2D eigenvalue weighted by molar-refractivity contribution is -0.121. The third kappa shape index (κ3) is 4.49. The second kappa shape index (κ2) is 9.15. The van der Waals surface area contributed by atoms with E-state index in [1.807, 2.05) is 51.1 Å². The molecule has 5 nitrogen and oxygen atoms in total. The van der Waals surface area contributed by atoms with Crippen LogP contribution in [0.25, 0.3) is 0 Å². The highest BCUT2D eigenvalue weighted by molar-refractivity contribution is 5.98. The van der Waals surface area contributed by atoms with Gasteiger partial charge in [0.2, 0.25) is 5.91 Å². The van der Waals surface area contributed by atoms with Crippen molar-refractivity contribution in [2.24, 2.45) is 0 Å². The molecule has 0 bridgehead atoms. The predicted molar refractivity (Wildman–Crippen MR) is 103 cm³/mol. The van der Waals surface area contributed by atoms with E-state index in [1.165, 1.54) is 7.11 Å². The van der Waals surface area contributed by atoms with Crippen molar-refractivity contribution in [1.82, 2.24) is 4.90 Å². The number of amides is 1. The van der Waals surface area contributed by atoms with Gasteiger partial charge in [0.05, 0.1) is 12.7 Å². The Labute approximate surface area is 155 Å². The fraction of sp³-hybridized carbons (Fsp3) is 0.333. The molecule has 2 aromatic rings. The molecule has 0 spiro atoms. The van der Waals surface area contributed by atoms with Gasteiger partial charge in [-0.2, -0.15) is 0 Å². The highest BCUT2D eigenvalue weighted by Crippen LogP contribution is 2.24. The first-order valence-electron chi connectivity index (χ1n) is 8.80. The molecule has 5 heteroatoms. The molecule has 1 amide bonds. The summed E-state index contributed by atoms with van der Waals surface area (Å²) < 4.78 is 4.77. The molecule has 0 aliphatic carbocycles. The van der Waals surface area contributed by atoms with Gasteiger partial charge in [0.15, 0.2) is 0 Å². The molecule has 2 rings (SSSR count). The van der Waals surface area contributed by atoms with Crippen LogP contribution >= 0.6 is 0 Å². The maximum Gasteiger partial charge on any atom is 0.337 e. The van der Waals surface area contributed by atoms with Crippen molar-refractivity contribution in [3.63, 3.8) is 0 Å². The fourth-order valence-electron chi connectivity index (χ4n) is 2.95. The van der Waals surface area contributed by atoms with Crippen LogP contribution in [0.4, 0.5) is 5.69 Å². The zero-order valence-electron chi connectivity index (χ0n) is 15.8. The van der Waals surface area contributed by atoms with Gasteiger partial charge in [-0.1, -0.05) is 50.2 Å². The summed E-state index contributed by atoms with van der Waals surface area (Å²) in [6.07, 6.45) is 0. The number of methoxy groups -OCH3 is 1. The van der Waals surface area contributed by atoms with Crippen molar-refractivity contribution in [3.05, 3.63) is 65.2 Å². The number of hydrogen-bond acceptors (Lipinski definition) is 4. The van der Waals surface area contributed by atoms with Crippen LogP contribution in [-0.2, 0) is 9.53 Å². The summed E-state index contributed by atoms with van der Waals surface area (Å²) in [5.74, 6) is -0.547. The van der Waals surface area contributed by atoms with Gasteiger partial charge in [0, 0.05) is 5.69 Å². The van der Waals surface area contributed by atoms with E-state index in [9.17, 15) is 9.59 Å². The molecule has 1 atom stereocenters. The number of benzene rings is 2. The van der Waals surface area contributed by atoms with Gasteiger partial charge in [-0.05, 0) is 43.3 Å². The molecular formula is C21H26N2O3. The van der Waals surface area contributed by atoms with E-state index in [-0.39, 0.29) is 5.91 Å². The molecule has 0 aromatic heterocycles.